The van der Waals surface area contributed by atoms with Crippen molar-refractivity contribution < 1.29 is 18.7 Å². The van der Waals surface area contributed by atoms with Crippen LogP contribution in [0.3, 0.4) is 0 Å². The predicted molar refractivity (Wildman–Crippen MR) is 98.9 cm³/mol. The quantitative estimate of drug-likeness (QED) is 0.724. The number of ether oxygens (including phenoxy) is 2. The molecule has 0 aliphatic carbocycles. The third-order valence-corrected chi connectivity index (χ3v) is 4.72. The standard InChI is InChI=1S/C18H18Cl2FN3O3/c1-2-14-17(21)18(23-10-22-14)27-12-5-6-24(8-12)16(25)9-26-15-4-3-11(19)7-13(15)20/h3-4,7,10,12H,2,5-6,8-9H2,1H3/t12-/m1/s1. The number of amides is 1. The predicted octanol–water partition coefficient (Wildman–Crippen LogP) is 3.54. The Morgan fingerprint density at radius 3 is 2.93 bits per heavy atom. The largest absolute Gasteiger partial charge is 0.482 e. The number of aryl methyl sites for hydroxylation is 1. The van der Waals surface area contributed by atoms with Crippen molar-refractivity contribution in [2.24, 2.45) is 0 Å². The number of aromatic nitrogens is 2. The molecule has 1 amide bonds. The van der Waals surface area contributed by atoms with Gasteiger partial charge < -0.3 is 14.4 Å². The van der Waals surface area contributed by atoms with Crippen LogP contribution in [0.15, 0.2) is 24.5 Å². The van der Waals surface area contributed by atoms with Crippen LogP contribution in [-0.4, -0.2) is 46.6 Å². The van der Waals surface area contributed by atoms with Gasteiger partial charge in [0.1, 0.15) is 18.2 Å². The summed E-state index contributed by atoms with van der Waals surface area (Å²) in [5.41, 5.74) is 0.305. The molecule has 0 spiro atoms. The lowest BCUT2D eigenvalue weighted by Gasteiger charge is -2.18. The number of rotatable bonds is 6. The number of hydrogen-bond donors (Lipinski definition) is 0. The van der Waals surface area contributed by atoms with Crippen molar-refractivity contribution >= 4 is 29.1 Å². The van der Waals surface area contributed by atoms with Crippen LogP contribution in [0.4, 0.5) is 4.39 Å². The Balaban J connectivity index is 1.54. The molecule has 2 heterocycles. The van der Waals surface area contributed by atoms with Crippen LogP contribution in [0.5, 0.6) is 11.6 Å². The highest BCUT2D eigenvalue weighted by Crippen LogP contribution is 2.27. The maximum atomic E-state index is 14.2. The Kier molecular flexibility index (Phi) is 6.34. The fraction of sp³-hybridized carbons (Fsp3) is 0.389. The number of halogens is 3. The molecule has 1 atom stereocenters. The molecule has 144 valence electrons. The molecule has 9 heteroatoms. The molecule has 0 bridgehead atoms. The highest BCUT2D eigenvalue weighted by molar-refractivity contribution is 6.35. The number of hydrogen-bond acceptors (Lipinski definition) is 5. The molecule has 1 aliphatic heterocycles. The molecule has 1 aromatic carbocycles. The van der Waals surface area contributed by atoms with E-state index in [1.165, 1.54) is 6.33 Å². The Labute approximate surface area is 166 Å². The van der Waals surface area contributed by atoms with E-state index in [-0.39, 0.29) is 24.5 Å². The van der Waals surface area contributed by atoms with E-state index in [1.54, 1.807) is 30.0 Å². The number of carbonyl (C=O) groups excluding carboxylic acids is 1. The minimum Gasteiger partial charge on any atom is -0.482 e. The van der Waals surface area contributed by atoms with Gasteiger partial charge in [-0.2, -0.15) is 9.37 Å². The molecule has 0 unspecified atom stereocenters. The maximum Gasteiger partial charge on any atom is 0.260 e. The molecular weight excluding hydrogens is 396 g/mol. The average molecular weight is 414 g/mol. The van der Waals surface area contributed by atoms with Gasteiger partial charge in [-0.1, -0.05) is 30.1 Å². The normalized spacial score (nSPS) is 16.4. The van der Waals surface area contributed by atoms with Crippen LogP contribution in [0, 0.1) is 5.82 Å². The smallest absolute Gasteiger partial charge is 0.260 e. The molecule has 2 aromatic rings. The summed E-state index contributed by atoms with van der Waals surface area (Å²) in [7, 11) is 0. The topological polar surface area (TPSA) is 64.6 Å². The molecule has 0 saturated carbocycles. The van der Waals surface area contributed by atoms with E-state index in [9.17, 15) is 9.18 Å². The Morgan fingerprint density at radius 2 is 2.19 bits per heavy atom. The van der Waals surface area contributed by atoms with Crippen molar-refractivity contribution in [3.05, 3.63) is 46.1 Å². The van der Waals surface area contributed by atoms with E-state index in [0.717, 1.165) is 0 Å². The Hall–Kier alpha value is -2.12. The van der Waals surface area contributed by atoms with Crippen molar-refractivity contribution in [3.63, 3.8) is 0 Å². The van der Waals surface area contributed by atoms with E-state index in [4.69, 9.17) is 32.7 Å². The SMILES string of the molecule is CCc1ncnc(O[C@@H]2CCN(C(=O)COc3ccc(Cl)cc3Cl)C2)c1F. The van der Waals surface area contributed by atoms with Crippen LogP contribution in [0.1, 0.15) is 19.0 Å². The highest BCUT2D eigenvalue weighted by atomic mass is 35.5. The van der Waals surface area contributed by atoms with Crippen molar-refractivity contribution in [1.82, 2.24) is 14.9 Å². The van der Waals surface area contributed by atoms with Gasteiger partial charge in [-0.3, -0.25) is 4.79 Å². The van der Waals surface area contributed by atoms with E-state index in [0.29, 0.717) is 47.4 Å². The van der Waals surface area contributed by atoms with Crippen LogP contribution >= 0.6 is 23.2 Å². The summed E-state index contributed by atoms with van der Waals surface area (Å²) >= 11 is 11.9. The number of benzene rings is 1. The molecule has 1 saturated heterocycles. The lowest BCUT2D eigenvalue weighted by atomic mass is 10.3. The van der Waals surface area contributed by atoms with Gasteiger partial charge in [-0.15, -0.1) is 0 Å². The van der Waals surface area contributed by atoms with Gasteiger partial charge >= 0.3 is 0 Å². The zero-order valence-corrected chi connectivity index (χ0v) is 16.1. The van der Waals surface area contributed by atoms with Gasteiger partial charge in [0.25, 0.3) is 11.8 Å². The summed E-state index contributed by atoms with van der Waals surface area (Å²) in [6, 6.07) is 4.79. The first-order valence-corrected chi connectivity index (χ1v) is 9.25. The fourth-order valence-corrected chi connectivity index (χ4v) is 3.21. The van der Waals surface area contributed by atoms with Crippen LogP contribution in [0.2, 0.25) is 10.0 Å². The van der Waals surface area contributed by atoms with E-state index in [1.807, 2.05) is 0 Å². The van der Waals surface area contributed by atoms with Gasteiger partial charge in [0.2, 0.25) is 5.82 Å². The van der Waals surface area contributed by atoms with Gasteiger partial charge in [-0.25, -0.2) is 4.98 Å². The second-order valence-electron chi connectivity index (χ2n) is 6.02. The first-order chi connectivity index (χ1) is 13.0. The summed E-state index contributed by atoms with van der Waals surface area (Å²) in [5, 5.41) is 0.824. The number of likely N-dealkylation sites (tertiary alicyclic amines) is 1. The summed E-state index contributed by atoms with van der Waals surface area (Å²) in [6.07, 6.45) is 1.98. The number of carbonyl (C=O) groups is 1. The minimum atomic E-state index is -0.550. The summed E-state index contributed by atoms with van der Waals surface area (Å²) < 4.78 is 25.3. The van der Waals surface area contributed by atoms with Crippen molar-refractivity contribution in [1.29, 1.82) is 0 Å². The lowest BCUT2D eigenvalue weighted by molar-refractivity contribution is -0.132. The fourth-order valence-electron chi connectivity index (χ4n) is 2.75. The van der Waals surface area contributed by atoms with Crippen molar-refractivity contribution in [2.45, 2.75) is 25.9 Å². The first-order valence-electron chi connectivity index (χ1n) is 8.49. The van der Waals surface area contributed by atoms with E-state index in [2.05, 4.69) is 9.97 Å². The lowest BCUT2D eigenvalue weighted by Crippen LogP contribution is -2.34. The number of nitrogens with zero attached hydrogens (tertiary/aromatic N) is 3. The molecule has 1 fully saturated rings. The summed E-state index contributed by atoms with van der Waals surface area (Å²) in [6.45, 7) is 2.48. The monoisotopic (exact) mass is 413 g/mol. The van der Waals surface area contributed by atoms with Crippen LogP contribution in [0.25, 0.3) is 0 Å². The molecule has 0 radical (unpaired) electrons. The molecule has 1 aromatic heterocycles. The third kappa shape index (κ3) is 4.78. The zero-order valence-electron chi connectivity index (χ0n) is 14.6. The second kappa shape index (κ2) is 8.71. The van der Waals surface area contributed by atoms with Crippen LogP contribution < -0.4 is 9.47 Å². The Bertz CT molecular complexity index is 837. The second-order valence-corrected chi connectivity index (χ2v) is 6.87. The molecule has 6 nitrogen and oxygen atoms in total. The van der Waals surface area contributed by atoms with Crippen molar-refractivity contribution in [3.8, 4) is 11.6 Å². The molecule has 1 aliphatic rings. The maximum absolute atomic E-state index is 14.2. The minimum absolute atomic E-state index is 0.0784. The van der Waals surface area contributed by atoms with E-state index >= 15 is 0 Å². The van der Waals surface area contributed by atoms with Gasteiger partial charge in [0.05, 0.1) is 17.3 Å². The third-order valence-electron chi connectivity index (χ3n) is 4.19. The van der Waals surface area contributed by atoms with Gasteiger partial charge in [0, 0.05) is 18.0 Å². The van der Waals surface area contributed by atoms with E-state index < -0.39 is 5.82 Å². The summed E-state index contributed by atoms with van der Waals surface area (Å²) in [4.78, 5) is 21.7. The molecule has 27 heavy (non-hydrogen) atoms. The Morgan fingerprint density at radius 1 is 1.37 bits per heavy atom. The first kappa shape index (κ1) is 19.6. The zero-order chi connectivity index (χ0) is 19.4. The summed E-state index contributed by atoms with van der Waals surface area (Å²) in [5.74, 6) is -0.447. The molecule has 3 rings (SSSR count). The average Bonchev–Trinajstić information content (AvgIpc) is 3.11. The van der Waals surface area contributed by atoms with Crippen molar-refractivity contribution in [2.75, 3.05) is 19.7 Å². The van der Waals surface area contributed by atoms with Gasteiger partial charge in [-0.05, 0) is 24.6 Å². The molecular formula is C18H18Cl2FN3O3. The molecule has 0 N–H and O–H groups in total. The van der Waals surface area contributed by atoms with Crippen LogP contribution in [-0.2, 0) is 11.2 Å². The highest BCUT2D eigenvalue weighted by Gasteiger charge is 2.29. The van der Waals surface area contributed by atoms with Gasteiger partial charge in [0.15, 0.2) is 6.61 Å².